The minimum absolute atomic E-state index is 0.105. The summed E-state index contributed by atoms with van der Waals surface area (Å²) in [6, 6.07) is 0. The molecule has 6 atom stereocenters. The minimum Gasteiger partial charge on any atom is -0.457 e. The average molecular weight is 801 g/mol. The van der Waals surface area contributed by atoms with Crippen molar-refractivity contribution in [1.82, 2.24) is 0 Å². The molecule has 1 heterocycles. The van der Waals surface area contributed by atoms with E-state index in [4.69, 9.17) is 18.9 Å². The van der Waals surface area contributed by atoms with E-state index in [1.165, 1.54) is 180 Å². The zero-order valence-electron chi connectivity index (χ0n) is 36.7. The van der Waals surface area contributed by atoms with E-state index in [2.05, 4.69) is 13.8 Å². The quantitative estimate of drug-likeness (QED) is 0.0351. The molecule has 0 amide bonds. The highest BCUT2D eigenvalue weighted by atomic mass is 16.7. The summed E-state index contributed by atoms with van der Waals surface area (Å²) in [6.07, 6.45) is 35.7. The van der Waals surface area contributed by atoms with Gasteiger partial charge in [-0.05, 0) is 12.8 Å². The van der Waals surface area contributed by atoms with Crippen molar-refractivity contribution in [1.29, 1.82) is 0 Å². The Balaban J connectivity index is 2.14. The molecular weight excluding hydrogens is 709 g/mol. The lowest BCUT2D eigenvalue weighted by Crippen LogP contribution is -2.59. The summed E-state index contributed by atoms with van der Waals surface area (Å²) in [5.41, 5.74) is 0. The van der Waals surface area contributed by atoms with Crippen LogP contribution in [0.1, 0.15) is 232 Å². The number of esters is 1. The highest BCUT2D eigenvalue weighted by Crippen LogP contribution is 2.23. The van der Waals surface area contributed by atoms with Crippen molar-refractivity contribution in [2.45, 2.75) is 269 Å². The SMILES string of the molecule is CCCCCCCCCCCCCCCCCCCCCCCCCC(=O)OC(COCCCCCCCCCCCC)COC1OC(CO)C(O)C(O)C1O. The van der Waals surface area contributed by atoms with Crippen LogP contribution in [0.2, 0.25) is 0 Å². The topological polar surface area (TPSA) is 135 Å². The summed E-state index contributed by atoms with van der Waals surface area (Å²) in [5, 5.41) is 40.1. The second-order valence-corrected chi connectivity index (χ2v) is 16.9. The van der Waals surface area contributed by atoms with E-state index in [0.717, 1.165) is 32.1 Å². The van der Waals surface area contributed by atoms with Crippen LogP contribution in [0.15, 0.2) is 0 Å². The number of hydrogen-bond acceptors (Lipinski definition) is 9. The fourth-order valence-corrected chi connectivity index (χ4v) is 7.73. The molecule has 0 aliphatic carbocycles. The van der Waals surface area contributed by atoms with Crippen LogP contribution in [0, 0.1) is 0 Å². The molecule has 56 heavy (non-hydrogen) atoms. The Morgan fingerprint density at radius 1 is 0.500 bits per heavy atom. The van der Waals surface area contributed by atoms with Crippen molar-refractivity contribution >= 4 is 5.97 Å². The summed E-state index contributed by atoms with van der Waals surface area (Å²) < 4.78 is 22.8. The second-order valence-electron chi connectivity index (χ2n) is 16.9. The van der Waals surface area contributed by atoms with Crippen LogP contribution >= 0.6 is 0 Å². The number of aliphatic hydroxyl groups is 4. The first-order valence-electron chi connectivity index (χ1n) is 24.1. The molecule has 0 radical (unpaired) electrons. The Bertz CT molecular complexity index is 827. The van der Waals surface area contributed by atoms with Crippen molar-refractivity contribution in [3.05, 3.63) is 0 Å². The standard InChI is InChI=1S/C47H92O9/c1-3-5-7-9-11-13-15-16-17-18-19-20-21-22-23-24-25-26-27-28-30-32-34-36-43(49)55-41(39-53-37-35-33-31-29-14-12-10-8-6-4-2)40-54-47-46(52)45(51)44(50)42(38-48)56-47/h41-42,44-48,50-52H,3-40H2,1-2H3. The van der Waals surface area contributed by atoms with Crippen LogP contribution in [0.25, 0.3) is 0 Å². The van der Waals surface area contributed by atoms with Crippen molar-refractivity contribution in [3.63, 3.8) is 0 Å². The van der Waals surface area contributed by atoms with E-state index in [0.29, 0.717) is 13.0 Å². The highest BCUT2D eigenvalue weighted by Gasteiger charge is 2.44. The van der Waals surface area contributed by atoms with Crippen LogP contribution in [0.5, 0.6) is 0 Å². The monoisotopic (exact) mass is 801 g/mol. The van der Waals surface area contributed by atoms with Gasteiger partial charge in [-0.3, -0.25) is 4.79 Å². The number of rotatable bonds is 42. The third-order valence-corrected chi connectivity index (χ3v) is 11.5. The smallest absolute Gasteiger partial charge is 0.306 e. The minimum atomic E-state index is -1.53. The van der Waals surface area contributed by atoms with E-state index in [1.54, 1.807) is 0 Å². The number of unbranched alkanes of at least 4 members (excludes halogenated alkanes) is 31. The molecule has 1 saturated heterocycles. The molecule has 4 N–H and O–H groups in total. The molecule has 0 aromatic heterocycles. The zero-order chi connectivity index (χ0) is 40.7. The molecule has 0 aromatic rings. The molecule has 1 aliphatic heterocycles. The van der Waals surface area contributed by atoms with Gasteiger partial charge in [0.05, 0.1) is 19.8 Å². The van der Waals surface area contributed by atoms with E-state index in [1.807, 2.05) is 0 Å². The van der Waals surface area contributed by atoms with Crippen molar-refractivity contribution < 1.29 is 44.2 Å². The summed E-state index contributed by atoms with van der Waals surface area (Å²) in [6.45, 7) is 4.60. The Hall–Kier alpha value is -0.810. The highest BCUT2D eigenvalue weighted by molar-refractivity contribution is 5.69. The Labute approximate surface area is 344 Å². The van der Waals surface area contributed by atoms with Crippen LogP contribution in [0.3, 0.4) is 0 Å². The molecule has 0 spiro atoms. The number of ether oxygens (including phenoxy) is 4. The fourth-order valence-electron chi connectivity index (χ4n) is 7.73. The van der Waals surface area contributed by atoms with E-state index in [-0.39, 0.29) is 19.2 Å². The van der Waals surface area contributed by atoms with Gasteiger partial charge in [-0.2, -0.15) is 0 Å². The number of carbonyl (C=O) groups is 1. The summed E-state index contributed by atoms with van der Waals surface area (Å²) in [4.78, 5) is 12.8. The maximum absolute atomic E-state index is 12.8. The summed E-state index contributed by atoms with van der Waals surface area (Å²) in [7, 11) is 0. The Morgan fingerprint density at radius 3 is 1.27 bits per heavy atom. The molecule has 0 saturated carbocycles. The van der Waals surface area contributed by atoms with Crippen molar-refractivity contribution in [2.24, 2.45) is 0 Å². The number of aliphatic hydroxyl groups excluding tert-OH is 4. The first-order chi connectivity index (χ1) is 27.4. The van der Waals surface area contributed by atoms with Gasteiger partial charge in [0.1, 0.15) is 30.5 Å². The Morgan fingerprint density at radius 2 is 0.875 bits per heavy atom. The van der Waals surface area contributed by atoms with Crippen molar-refractivity contribution in [2.75, 3.05) is 26.4 Å². The maximum Gasteiger partial charge on any atom is 0.306 e. The lowest BCUT2D eigenvalue weighted by molar-refractivity contribution is -0.305. The molecule has 9 heteroatoms. The van der Waals surface area contributed by atoms with Gasteiger partial charge in [-0.25, -0.2) is 0 Å². The molecular formula is C47H92O9. The van der Waals surface area contributed by atoms with Crippen molar-refractivity contribution in [3.8, 4) is 0 Å². The zero-order valence-corrected chi connectivity index (χ0v) is 36.7. The van der Waals surface area contributed by atoms with Crippen LogP contribution in [-0.4, -0.2) is 89.6 Å². The van der Waals surface area contributed by atoms with E-state index < -0.39 is 43.4 Å². The van der Waals surface area contributed by atoms with Gasteiger partial charge in [-0.15, -0.1) is 0 Å². The van der Waals surface area contributed by atoms with Gasteiger partial charge in [0.25, 0.3) is 0 Å². The molecule has 1 rings (SSSR count). The summed E-state index contributed by atoms with van der Waals surface area (Å²) in [5.74, 6) is -0.307. The summed E-state index contributed by atoms with van der Waals surface area (Å²) >= 11 is 0. The first-order valence-corrected chi connectivity index (χ1v) is 24.1. The molecule has 1 fully saturated rings. The molecule has 0 aromatic carbocycles. The number of hydrogen-bond donors (Lipinski definition) is 4. The normalized spacial score (nSPS) is 20.4. The van der Waals surface area contributed by atoms with Crippen LogP contribution in [0.4, 0.5) is 0 Å². The van der Waals surface area contributed by atoms with Crippen LogP contribution < -0.4 is 0 Å². The maximum atomic E-state index is 12.8. The third kappa shape index (κ3) is 30.3. The molecule has 1 aliphatic rings. The first kappa shape index (κ1) is 53.2. The van der Waals surface area contributed by atoms with Gasteiger partial charge in [0, 0.05) is 13.0 Å². The second kappa shape index (κ2) is 39.6. The molecule has 6 unspecified atom stereocenters. The van der Waals surface area contributed by atoms with Gasteiger partial charge in [0.2, 0.25) is 0 Å². The molecule has 334 valence electrons. The lowest BCUT2D eigenvalue weighted by Gasteiger charge is -2.39. The molecule has 9 nitrogen and oxygen atoms in total. The lowest BCUT2D eigenvalue weighted by atomic mass is 9.99. The third-order valence-electron chi connectivity index (χ3n) is 11.5. The fraction of sp³-hybridized carbons (Fsp3) is 0.979. The van der Waals surface area contributed by atoms with Gasteiger partial charge in [0.15, 0.2) is 6.29 Å². The van der Waals surface area contributed by atoms with Crippen LogP contribution in [-0.2, 0) is 23.7 Å². The largest absolute Gasteiger partial charge is 0.457 e. The van der Waals surface area contributed by atoms with E-state index in [9.17, 15) is 25.2 Å². The van der Waals surface area contributed by atoms with Gasteiger partial charge < -0.3 is 39.4 Å². The predicted molar refractivity (Wildman–Crippen MR) is 229 cm³/mol. The van der Waals surface area contributed by atoms with Gasteiger partial charge in [-0.1, -0.05) is 213 Å². The molecule has 0 bridgehead atoms. The average Bonchev–Trinajstić information content (AvgIpc) is 3.20. The number of carbonyl (C=O) groups excluding carboxylic acids is 1. The van der Waals surface area contributed by atoms with E-state index >= 15 is 0 Å². The predicted octanol–water partition coefficient (Wildman–Crippen LogP) is 11.0. The Kier molecular flexibility index (Phi) is 37.7. The van der Waals surface area contributed by atoms with Gasteiger partial charge >= 0.3 is 5.97 Å².